The third-order valence-corrected chi connectivity index (χ3v) is 3.49. The zero-order chi connectivity index (χ0) is 15.5. The van der Waals surface area contributed by atoms with Crippen LogP contribution in [0.15, 0.2) is 42.7 Å². The highest BCUT2D eigenvalue weighted by molar-refractivity contribution is 6.02. The summed E-state index contributed by atoms with van der Waals surface area (Å²) in [5, 5.41) is 7.28. The standard InChI is InChI=1S/C16H18N4O2/c1-19-9-6-13(18-19)15-11-12(16(21)17-7-10-22-2)14-5-3-4-8-20(14)15/h3-6,8-9,11H,7,10H2,1-2H3,(H,17,21). The van der Waals surface area contributed by atoms with Crippen molar-refractivity contribution in [1.82, 2.24) is 19.5 Å². The molecule has 3 aromatic heterocycles. The molecule has 0 saturated heterocycles. The summed E-state index contributed by atoms with van der Waals surface area (Å²) in [5.41, 5.74) is 3.23. The summed E-state index contributed by atoms with van der Waals surface area (Å²) in [5.74, 6) is -0.108. The third kappa shape index (κ3) is 2.60. The van der Waals surface area contributed by atoms with E-state index in [1.165, 1.54) is 0 Å². The maximum atomic E-state index is 12.4. The molecule has 1 amide bonds. The van der Waals surface area contributed by atoms with E-state index in [1.54, 1.807) is 11.8 Å². The number of carbonyl (C=O) groups excluding carboxylic acids is 1. The molecule has 6 heteroatoms. The quantitative estimate of drug-likeness (QED) is 0.730. The average Bonchev–Trinajstić information content (AvgIpc) is 3.11. The molecule has 0 aromatic carbocycles. The van der Waals surface area contributed by atoms with E-state index in [9.17, 15) is 4.79 Å². The first-order chi connectivity index (χ1) is 10.7. The van der Waals surface area contributed by atoms with Crippen molar-refractivity contribution in [2.75, 3.05) is 20.3 Å². The van der Waals surface area contributed by atoms with Crippen molar-refractivity contribution < 1.29 is 9.53 Å². The first kappa shape index (κ1) is 14.3. The van der Waals surface area contributed by atoms with E-state index in [0.717, 1.165) is 16.9 Å². The normalized spacial score (nSPS) is 11.0. The fourth-order valence-electron chi connectivity index (χ4n) is 2.45. The Morgan fingerprint density at radius 2 is 2.18 bits per heavy atom. The van der Waals surface area contributed by atoms with Gasteiger partial charge in [-0.3, -0.25) is 9.48 Å². The van der Waals surface area contributed by atoms with Gasteiger partial charge >= 0.3 is 0 Å². The summed E-state index contributed by atoms with van der Waals surface area (Å²) in [6, 6.07) is 9.59. The van der Waals surface area contributed by atoms with Crippen LogP contribution in [0.25, 0.3) is 16.9 Å². The van der Waals surface area contributed by atoms with Crippen LogP contribution in [0.1, 0.15) is 10.4 Å². The number of hydrogen-bond donors (Lipinski definition) is 1. The highest BCUT2D eigenvalue weighted by Gasteiger charge is 2.16. The van der Waals surface area contributed by atoms with E-state index >= 15 is 0 Å². The topological polar surface area (TPSA) is 60.6 Å². The molecule has 0 aliphatic heterocycles. The molecule has 0 bridgehead atoms. The summed E-state index contributed by atoms with van der Waals surface area (Å²) in [6.45, 7) is 0.975. The van der Waals surface area contributed by atoms with E-state index < -0.39 is 0 Å². The lowest BCUT2D eigenvalue weighted by Crippen LogP contribution is -2.26. The van der Waals surface area contributed by atoms with E-state index in [1.807, 2.05) is 54.2 Å². The van der Waals surface area contributed by atoms with Crippen LogP contribution in [0, 0.1) is 0 Å². The lowest BCUT2D eigenvalue weighted by molar-refractivity contribution is 0.0939. The maximum absolute atomic E-state index is 12.4. The molecular weight excluding hydrogens is 280 g/mol. The summed E-state index contributed by atoms with van der Waals surface area (Å²) in [6.07, 6.45) is 3.82. The van der Waals surface area contributed by atoms with Gasteiger partial charge in [0.25, 0.3) is 5.91 Å². The predicted octanol–water partition coefficient (Wildman–Crippen LogP) is 1.72. The molecule has 3 aromatic rings. The summed E-state index contributed by atoms with van der Waals surface area (Å²) < 4.78 is 8.69. The number of aryl methyl sites for hydroxylation is 1. The number of amides is 1. The molecular formula is C16H18N4O2. The number of pyridine rings is 1. The molecule has 114 valence electrons. The maximum Gasteiger partial charge on any atom is 0.253 e. The van der Waals surface area contributed by atoms with Gasteiger partial charge in [0.1, 0.15) is 5.69 Å². The number of fused-ring (bicyclic) bond motifs is 1. The van der Waals surface area contributed by atoms with Crippen LogP contribution in [-0.4, -0.2) is 40.3 Å². The van der Waals surface area contributed by atoms with Crippen LogP contribution in [0.3, 0.4) is 0 Å². The van der Waals surface area contributed by atoms with Gasteiger partial charge in [-0.2, -0.15) is 5.10 Å². The van der Waals surface area contributed by atoms with Gasteiger partial charge in [0.15, 0.2) is 0 Å². The molecule has 0 aliphatic rings. The van der Waals surface area contributed by atoms with Crippen molar-refractivity contribution in [1.29, 1.82) is 0 Å². The van der Waals surface area contributed by atoms with Crippen molar-refractivity contribution in [3.63, 3.8) is 0 Å². The van der Waals surface area contributed by atoms with E-state index in [4.69, 9.17) is 4.74 Å². The van der Waals surface area contributed by atoms with Gasteiger partial charge in [0.05, 0.1) is 23.4 Å². The Bertz CT molecular complexity index is 803. The third-order valence-electron chi connectivity index (χ3n) is 3.49. The molecule has 3 rings (SSSR count). The minimum Gasteiger partial charge on any atom is -0.383 e. The van der Waals surface area contributed by atoms with Crippen LogP contribution in [-0.2, 0) is 11.8 Å². The second kappa shape index (κ2) is 6.03. The molecule has 0 radical (unpaired) electrons. The van der Waals surface area contributed by atoms with Gasteiger partial charge in [-0.15, -0.1) is 0 Å². The number of aromatic nitrogens is 3. The Kier molecular flexibility index (Phi) is 3.93. The second-order valence-corrected chi connectivity index (χ2v) is 5.02. The van der Waals surface area contributed by atoms with Gasteiger partial charge in [0.2, 0.25) is 0 Å². The summed E-state index contributed by atoms with van der Waals surface area (Å²) in [4.78, 5) is 12.4. The number of ether oxygens (including phenoxy) is 1. The largest absolute Gasteiger partial charge is 0.383 e. The number of carbonyl (C=O) groups is 1. The van der Waals surface area contributed by atoms with E-state index in [-0.39, 0.29) is 5.91 Å². The van der Waals surface area contributed by atoms with E-state index in [2.05, 4.69) is 10.4 Å². The van der Waals surface area contributed by atoms with Crippen LogP contribution in [0.2, 0.25) is 0 Å². The zero-order valence-electron chi connectivity index (χ0n) is 12.6. The minimum absolute atomic E-state index is 0.108. The summed E-state index contributed by atoms with van der Waals surface area (Å²) in [7, 11) is 3.48. The van der Waals surface area contributed by atoms with Gasteiger partial charge < -0.3 is 14.5 Å². The highest BCUT2D eigenvalue weighted by Crippen LogP contribution is 2.24. The van der Waals surface area contributed by atoms with Gasteiger partial charge in [-0.05, 0) is 24.3 Å². The average molecular weight is 298 g/mol. The fraction of sp³-hybridized carbons (Fsp3) is 0.250. The Morgan fingerprint density at radius 1 is 1.32 bits per heavy atom. The van der Waals surface area contributed by atoms with Crippen molar-refractivity contribution in [3.8, 4) is 11.4 Å². The monoisotopic (exact) mass is 298 g/mol. The van der Waals surface area contributed by atoms with Crippen molar-refractivity contribution >= 4 is 11.4 Å². The Balaban J connectivity index is 2.02. The van der Waals surface area contributed by atoms with Gasteiger partial charge in [-0.1, -0.05) is 6.07 Å². The lowest BCUT2D eigenvalue weighted by atomic mass is 10.2. The molecule has 22 heavy (non-hydrogen) atoms. The molecule has 0 atom stereocenters. The van der Waals surface area contributed by atoms with Crippen molar-refractivity contribution in [3.05, 3.63) is 48.3 Å². The second-order valence-electron chi connectivity index (χ2n) is 5.02. The Labute approximate surface area is 128 Å². The summed E-state index contributed by atoms with van der Waals surface area (Å²) >= 11 is 0. The predicted molar refractivity (Wildman–Crippen MR) is 83.8 cm³/mol. The van der Waals surface area contributed by atoms with Crippen molar-refractivity contribution in [2.24, 2.45) is 7.05 Å². The van der Waals surface area contributed by atoms with Crippen LogP contribution in [0.4, 0.5) is 0 Å². The molecule has 0 fully saturated rings. The van der Waals surface area contributed by atoms with Crippen molar-refractivity contribution in [2.45, 2.75) is 0 Å². The number of hydrogen-bond acceptors (Lipinski definition) is 3. The van der Waals surface area contributed by atoms with Gasteiger partial charge in [0, 0.05) is 33.1 Å². The highest BCUT2D eigenvalue weighted by atomic mass is 16.5. The Hall–Kier alpha value is -2.60. The first-order valence-corrected chi connectivity index (χ1v) is 7.08. The Morgan fingerprint density at radius 3 is 2.91 bits per heavy atom. The number of nitrogens with zero attached hydrogens (tertiary/aromatic N) is 3. The first-order valence-electron chi connectivity index (χ1n) is 7.08. The SMILES string of the molecule is COCCNC(=O)c1cc(-c2ccn(C)n2)n2ccccc12. The number of methoxy groups -OCH3 is 1. The molecule has 1 N–H and O–H groups in total. The molecule has 0 aliphatic carbocycles. The van der Waals surface area contributed by atoms with Crippen LogP contribution in [0.5, 0.6) is 0 Å². The molecule has 0 spiro atoms. The van der Waals surface area contributed by atoms with Gasteiger partial charge in [-0.25, -0.2) is 0 Å². The lowest BCUT2D eigenvalue weighted by Gasteiger charge is -2.03. The number of nitrogens with one attached hydrogen (secondary N) is 1. The molecule has 3 heterocycles. The van der Waals surface area contributed by atoms with Crippen LogP contribution < -0.4 is 5.32 Å². The molecule has 0 saturated carbocycles. The zero-order valence-corrected chi connectivity index (χ0v) is 12.6. The van der Waals surface area contributed by atoms with E-state index in [0.29, 0.717) is 18.7 Å². The smallest absolute Gasteiger partial charge is 0.253 e. The molecule has 0 unspecified atom stereocenters. The minimum atomic E-state index is -0.108. The fourth-order valence-corrected chi connectivity index (χ4v) is 2.45. The van der Waals surface area contributed by atoms with Crippen LogP contribution >= 0.6 is 0 Å². The molecule has 6 nitrogen and oxygen atoms in total. The number of rotatable bonds is 5.